The van der Waals surface area contributed by atoms with Crippen molar-refractivity contribution in [3.8, 4) is 40.1 Å². The smallest absolute Gasteiger partial charge is 0.254 e. The van der Waals surface area contributed by atoms with Crippen LogP contribution >= 0.6 is 0 Å². The van der Waals surface area contributed by atoms with E-state index in [2.05, 4.69) is 10.1 Å². The lowest BCUT2D eigenvalue weighted by molar-refractivity contribution is 0.0709. The fourth-order valence-corrected chi connectivity index (χ4v) is 4.10. The maximum atomic E-state index is 13.5. The topological polar surface area (TPSA) is 105 Å². The van der Waals surface area contributed by atoms with Crippen LogP contribution in [0.5, 0.6) is 28.7 Å². The van der Waals surface area contributed by atoms with Crippen molar-refractivity contribution in [2.45, 2.75) is 18.9 Å². The van der Waals surface area contributed by atoms with Gasteiger partial charge in [0, 0.05) is 17.7 Å². The summed E-state index contributed by atoms with van der Waals surface area (Å²) in [6, 6.07) is 8.32. The molecule has 0 bridgehead atoms. The molecule has 1 aliphatic heterocycles. The number of nitrogens with zero attached hydrogens (tertiary/aromatic N) is 3. The average Bonchev–Trinajstić information content (AvgIpc) is 3.56. The number of benzene rings is 2. The Bertz CT molecular complexity index is 1150. The first-order valence-corrected chi connectivity index (χ1v) is 10.7. The van der Waals surface area contributed by atoms with E-state index in [0.717, 1.165) is 6.42 Å². The average molecular weight is 469 g/mol. The standard InChI is InChI=1S/C24H27N3O7/c1-29-17-9-8-14(11-18(17)30-2)22-25-23(34-26-22)16-7-6-10-27(16)24(28)15-12-19(31-3)21(33-5)20(13-15)32-4/h8-9,11-13,16H,6-7,10H2,1-5H3/t16-/m0/s1. The summed E-state index contributed by atoms with van der Waals surface area (Å²) in [5.74, 6) is 3.01. The zero-order chi connectivity index (χ0) is 24.2. The van der Waals surface area contributed by atoms with Gasteiger partial charge >= 0.3 is 0 Å². The minimum atomic E-state index is -0.340. The van der Waals surface area contributed by atoms with Crippen LogP contribution < -0.4 is 23.7 Å². The van der Waals surface area contributed by atoms with E-state index in [4.69, 9.17) is 28.2 Å². The number of likely N-dealkylation sites (tertiary alicyclic amines) is 1. The molecule has 0 spiro atoms. The predicted molar refractivity (Wildman–Crippen MR) is 122 cm³/mol. The van der Waals surface area contributed by atoms with Crippen LogP contribution in [0.2, 0.25) is 0 Å². The largest absolute Gasteiger partial charge is 0.493 e. The molecule has 2 heterocycles. The molecule has 0 aliphatic carbocycles. The van der Waals surface area contributed by atoms with Crippen molar-refractivity contribution in [2.75, 3.05) is 42.1 Å². The summed E-state index contributed by atoms with van der Waals surface area (Å²) in [7, 11) is 7.68. The molecule has 1 atom stereocenters. The van der Waals surface area contributed by atoms with E-state index in [-0.39, 0.29) is 11.9 Å². The Hall–Kier alpha value is -3.95. The highest BCUT2D eigenvalue weighted by molar-refractivity contribution is 5.96. The molecule has 1 amide bonds. The second kappa shape index (κ2) is 9.90. The van der Waals surface area contributed by atoms with Gasteiger partial charge in [0.05, 0.1) is 35.5 Å². The van der Waals surface area contributed by atoms with Crippen LogP contribution in [0.15, 0.2) is 34.9 Å². The Morgan fingerprint density at radius 3 is 2.21 bits per heavy atom. The fraction of sp³-hybridized carbons (Fsp3) is 0.375. The van der Waals surface area contributed by atoms with Crippen molar-refractivity contribution in [1.82, 2.24) is 15.0 Å². The molecule has 10 heteroatoms. The molecule has 0 unspecified atom stereocenters. The van der Waals surface area contributed by atoms with Crippen LogP contribution in [0.1, 0.15) is 35.1 Å². The van der Waals surface area contributed by atoms with Gasteiger partial charge in [0.25, 0.3) is 5.91 Å². The second-order valence-corrected chi connectivity index (χ2v) is 7.60. The van der Waals surface area contributed by atoms with Gasteiger partial charge in [0.2, 0.25) is 17.5 Å². The Morgan fingerprint density at radius 1 is 0.912 bits per heavy atom. The second-order valence-electron chi connectivity index (χ2n) is 7.60. The summed E-state index contributed by atoms with van der Waals surface area (Å²) in [6.45, 7) is 0.564. The summed E-state index contributed by atoms with van der Waals surface area (Å²) >= 11 is 0. The summed E-state index contributed by atoms with van der Waals surface area (Å²) in [6.07, 6.45) is 1.53. The fourth-order valence-electron chi connectivity index (χ4n) is 4.10. The number of hydrogen-bond acceptors (Lipinski definition) is 9. The molecule has 0 N–H and O–H groups in total. The summed E-state index contributed by atoms with van der Waals surface area (Å²) in [5, 5.41) is 4.13. The maximum absolute atomic E-state index is 13.5. The number of hydrogen-bond donors (Lipinski definition) is 0. The SMILES string of the molecule is COc1ccc(-c2noc([C@@H]3CCCN3C(=O)c3cc(OC)c(OC)c(OC)c3)n2)cc1OC. The van der Waals surface area contributed by atoms with Crippen LogP contribution in [-0.2, 0) is 0 Å². The summed E-state index contributed by atoms with van der Waals surface area (Å²) in [4.78, 5) is 19.8. The molecular weight excluding hydrogens is 442 g/mol. The van der Waals surface area contributed by atoms with Crippen LogP contribution in [-0.4, -0.2) is 63.0 Å². The molecule has 4 rings (SSSR count). The van der Waals surface area contributed by atoms with Gasteiger partial charge in [-0.3, -0.25) is 4.79 Å². The minimum absolute atomic E-state index is 0.187. The van der Waals surface area contributed by atoms with Crippen molar-refractivity contribution in [2.24, 2.45) is 0 Å². The van der Waals surface area contributed by atoms with Crippen molar-refractivity contribution in [3.05, 3.63) is 41.8 Å². The third kappa shape index (κ3) is 4.18. The first kappa shape index (κ1) is 23.2. The van der Waals surface area contributed by atoms with Gasteiger partial charge in [0.1, 0.15) is 6.04 Å². The molecule has 1 saturated heterocycles. The molecule has 34 heavy (non-hydrogen) atoms. The number of rotatable bonds is 8. The van der Waals surface area contributed by atoms with Crippen molar-refractivity contribution in [3.63, 3.8) is 0 Å². The number of carbonyl (C=O) groups excluding carboxylic acids is 1. The zero-order valence-corrected chi connectivity index (χ0v) is 19.8. The van der Waals surface area contributed by atoms with Crippen LogP contribution in [0.3, 0.4) is 0 Å². The molecule has 3 aromatic rings. The Labute approximate surface area is 197 Å². The summed E-state index contributed by atoms with van der Waals surface area (Å²) in [5.41, 5.74) is 1.13. The van der Waals surface area contributed by atoms with E-state index in [1.165, 1.54) is 21.3 Å². The molecule has 1 aromatic heterocycles. The van der Waals surface area contributed by atoms with E-state index in [1.54, 1.807) is 43.4 Å². The lowest BCUT2D eigenvalue weighted by atomic mass is 10.1. The van der Waals surface area contributed by atoms with Gasteiger partial charge in [-0.25, -0.2) is 0 Å². The number of carbonyl (C=O) groups is 1. The molecule has 10 nitrogen and oxygen atoms in total. The third-order valence-electron chi connectivity index (χ3n) is 5.79. The highest BCUT2D eigenvalue weighted by atomic mass is 16.5. The minimum Gasteiger partial charge on any atom is -0.493 e. The Morgan fingerprint density at radius 2 is 1.59 bits per heavy atom. The number of methoxy groups -OCH3 is 5. The molecule has 1 fully saturated rings. The van der Waals surface area contributed by atoms with Crippen molar-refractivity contribution >= 4 is 5.91 Å². The molecule has 0 saturated carbocycles. The monoisotopic (exact) mass is 469 g/mol. The van der Waals surface area contributed by atoms with E-state index >= 15 is 0 Å². The highest BCUT2D eigenvalue weighted by Crippen LogP contribution is 2.40. The molecule has 2 aromatic carbocycles. The van der Waals surface area contributed by atoms with Gasteiger partial charge in [-0.15, -0.1) is 0 Å². The van der Waals surface area contributed by atoms with Crippen molar-refractivity contribution in [1.29, 1.82) is 0 Å². The zero-order valence-electron chi connectivity index (χ0n) is 19.8. The first-order chi connectivity index (χ1) is 16.5. The Kier molecular flexibility index (Phi) is 6.76. The number of aromatic nitrogens is 2. The molecular formula is C24H27N3O7. The van der Waals surface area contributed by atoms with Gasteiger partial charge < -0.3 is 33.1 Å². The van der Waals surface area contributed by atoms with E-state index in [0.29, 0.717) is 64.6 Å². The molecule has 180 valence electrons. The highest BCUT2D eigenvalue weighted by Gasteiger charge is 2.35. The lowest BCUT2D eigenvalue weighted by Gasteiger charge is -2.23. The van der Waals surface area contributed by atoms with Crippen LogP contribution in [0.25, 0.3) is 11.4 Å². The quantitative estimate of drug-likeness (QED) is 0.487. The first-order valence-electron chi connectivity index (χ1n) is 10.7. The van der Waals surface area contributed by atoms with Crippen molar-refractivity contribution < 1.29 is 33.0 Å². The third-order valence-corrected chi connectivity index (χ3v) is 5.79. The van der Waals surface area contributed by atoms with Gasteiger partial charge in [0.15, 0.2) is 23.0 Å². The normalized spacial score (nSPS) is 15.2. The van der Waals surface area contributed by atoms with E-state index < -0.39 is 0 Å². The molecule has 1 aliphatic rings. The number of ether oxygens (including phenoxy) is 5. The van der Waals surface area contributed by atoms with Crippen LogP contribution in [0.4, 0.5) is 0 Å². The molecule has 0 radical (unpaired) electrons. The Balaban J connectivity index is 1.62. The van der Waals surface area contributed by atoms with Gasteiger partial charge in [-0.05, 0) is 43.2 Å². The summed E-state index contributed by atoms with van der Waals surface area (Å²) < 4.78 is 32.4. The number of amides is 1. The maximum Gasteiger partial charge on any atom is 0.254 e. The van der Waals surface area contributed by atoms with E-state index in [1.807, 2.05) is 6.07 Å². The van der Waals surface area contributed by atoms with Crippen LogP contribution in [0, 0.1) is 0 Å². The van der Waals surface area contributed by atoms with Gasteiger partial charge in [-0.1, -0.05) is 5.16 Å². The predicted octanol–water partition coefficient (Wildman–Crippen LogP) is 3.76. The lowest BCUT2D eigenvalue weighted by Crippen LogP contribution is -2.30. The van der Waals surface area contributed by atoms with Gasteiger partial charge in [-0.2, -0.15) is 4.98 Å². The van der Waals surface area contributed by atoms with E-state index in [9.17, 15) is 4.79 Å².